The van der Waals surface area contributed by atoms with E-state index in [4.69, 9.17) is 0 Å². The van der Waals surface area contributed by atoms with Crippen molar-refractivity contribution >= 4 is 23.8 Å². The topological polar surface area (TPSA) is 169 Å². The van der Waals surface area contributed by atoms with Gasteiger partial charge in [0, 0.05) is 29.6 Å². The second-order valence-corrected chi connectivity index (χ2v) is 12.4. The maximum absolute atomic E-state index is 14.8. The number of aromatic nitrogens is 3. The van der Waals surface area contributed by atoms with Gasteiger partial charge in [-0.3, -0.25) is 9.78 Å². The minimum absolute atomic E-state index is 0. The molecular formula is C26H23F5N5Na2O7PS. The predicted octanol–water partition coefficient (Wildman–Crippen LogP) is -3.53. The first-order chi connectivity index (χ1) is 21.0. The zero-order valence-corrected chi connectivity index (χ0v) is 30.8. The summed E-state index contributed by atoms with van der Waals surface area (Å²) in [6, 6.07) is 2.68. The molecule has 0 aliphatic carbocycles. The summed E-state index contributed by atoms with van der Waals surface area (Å²) in [5.74, 6) is -4.21. The molecule has 2 aromatic heterocycles. The molecule has 1 aliphatic rings. The van der Waals surface area contributed by atoms with Gasteiger partial charge in [0.2, 0.25) is 21.8 Å². The van der Waals surface area contributed by atoms with Crippen LogP contribution < -0.4 is 68.9 Å². The number of amides is 1. The summed E-state index contributed by atoms with van der Waals surface area (Å²) >= 11 is 0. The summed E-state index contributed by atoms with van der Waals surface area (Å²) in [6.07, 6.45) is 5.58. The van der Waals surface area contributed by atoms with E-state index in [1.54, 1.807) is 0 Å². The normalized spacial score (nSPS) is 16.6. The first-order valence-corrected chi connectivity index (χ1v) is 15.5. The number of carbonyl (C=O) groups excluding carboxylic acids is 1. The maximum Gasteiger partial charge on any atom is 1.00 e. The Balaban J connectivity index is 0.00000271. The van der Waals surface area contributed by atoms with E-state index in [0.717, 1.165) is 47.0 Å². The Morgan fingerprint density at radius 1 is 1.06 bits per heavy atom. The van der Waals surface area contributed by atoms with Crippen LogP contribution in [0.5, 0.6) is 0 Å². The molecule has 3 aromatic rings. The van der Waals surface area contributed by atoms with Crippen LogP contribution in [0.25, 0.3) is 11.3 Å². The van der Waals surface area contributed by atoms with Crippen molar-refractivity contribution < 1.29 is 113 Å². The maximum atomic E-state index is 14.8. The third-order valence-electron chi connectivity index (χ3n) is 6.45. The van der Waals surface area contributed by atoms with Gasteiger partial charge in [-0.25, -0.2) is 27.2 Å². The molecule has 1 aliphatic heterocycles. The molecule has 0 N–H and O–H groups in total. The van der Waals surface area contributed by atoms with Crippen LogP contribution in [0, 0.1) is 24.5 Å². The molecule has 2 atom stereocenters. The number of sulfonamides is 1. The fourth-order valence-corrected chi connectivity index (χ4v) is 6.55. The third-order valence-corrected chi connectivity index (χ3v) is 8.92. The van der Waals surface area contributed by atoms with Crippen LogP contribution in [0.1, 0.15) is 31.2 Å². The molecule has 21 heteroatoms. The molecule has 0 saturated carbocycles. The summed E-state index contributed by atoms with van der Waals surface area (Å²) in [5.41, 5.74) is -0.521. The minimum Gasteiger partial charge on any atom is -0.790 e. The number of benzene rings is 1. The number of alkyl halides is 3. The molecule has 12 nitrogen and oxygen atoms in total. The van der Waals surface area contributed by atoms with Crippen molar-refractivity contribution in [3.05, 3.63) is 71.9 Å². The minimum atomic E-state index is -5.67. The Kier molecular flexibility index (Phi) is 16.3. The number of phosphoric ester groups is 1. The van der Waals surface area contributed by atoms with Crippen molar-refractivity contribution in [1.29, 1.82) is 0 Å². The van der Waals surface area contributed by atoms with Crippen LogP contribution in [0.3, 0.4) is 0 Å². The van der Waals surface area contributed by atoms with E-state index >= 15 is 0 Å². The van der Waals surface area contributed by atoms with Crippen LogP contribution in [0.2, 0.25) is 0 Å². The van der Waals surface area contributed by atoms with Gasteiger partial charge in [-0.2, -0.15) is 17.5 Å². The van der Waals surface area contributed by atoms with Gasteiger partial charge in [0.05, 0.1) is 31.2 Å². The number of halogens is 5. The Morgan fingerprint density at radius 3 is 2.17 bits per heavy atom. The number of terminal acetylenes is 1. The molecule has 0 spiro atoms. The average molecular weight is 722 g/mol. The SMILES string of the molecule is C#C.C[C@H]1CC[C@@H](C(=O)N(COP(=O)([O-])[O-])Cc2cc(-c3cnc(C(F)(F)F)nc3)ncc2F)N1S(=O)(=O)c1ccc(F)cc1.[Na+].[Na+]. The van der Waals surface area contributed by atoms with E-state index in [-0.39, 0.29) is 93.7 Å². The second-order valence-electron chi connectivity index (χ2n) is 9.43. The smallest absolute Gasteiger partial charge is 0.790 e. The molecule has 47 heavy (non-hydrogen) atoms. The molecule has 1 aromatic carbocycles. The summed E-state index contributed by atoms with van der Waals surface area (Å²) in [7, 11) is -10.1. The Bertz CT molecular complexity index is 1700. The monoisotopic (exact) mass is 721 g/mol. The standard InChI is InChI=1S/C24H23F5N5O7PS.C2H2.2Na/c1-14-2-7-21(34(14)43(39,40)18-5-3-17(25)4-6-18)22(35)33(13-41-42(36,37)38)12-15-8-20(30-11-19(15)26)16-9-31-23(32-10-16)24(27,28)29;1-2;;/h3-6,8-11,14,21H,2,7,12-13H2,1H3,(H2,36,37,38);1-2H;;/q;;2*+1/p-2/t14-,21-;;;/m0.../s1. The van der Waals surface area contributed by atoms with Gasteiger partial charge in [-0.15, -0.1) is 12.8 Å². The van der Waals surface area contributed by atoms with E-state index in [0.29, 0.717) is 11.1 Å². The van der Waals surface area contributed by atoms with Crippen molar-refractivity contribution in [1.82, 2.24) is 24.2 Å². The van der Waals surface area contributed by atoms with E-state index in [1.165, 1.54) is 6.92 Å². The number of carbonyl (C=O) groups is 1. The van der Waals surface area contributed by atoms with Crippen molar-refractivity contribution in [2.75, 3.05) is 6.73 Å². The van der Waals surface area contributed by atoms with E-state index < -0.39 is 72.7 Å². The Morgan fingerprint density at radius 2 is 1.64 bits per heavy atom. The molecule has 3 heterocycles. The number of phosphoric acid groups is 1. The van der Waals surface area contributed by atoms with Gasteiger partial charge < -0.3 is 23.8 Å². The number of pyridine rings is 1. The fraction of sp³-hybridized carbons (Fsp3) is 0.308. The molecule has 1 fully saturated rings. The molecular weight excluding hydrogens is 698 g/mol. The van der Waals surface area contributed by atoms with Crippen LogP contribution in [0.15, 0.2) is 53.8 Å². The number of nitrogens with zero attached hydrogens (tertiary/aromatic N) is 5. The predicted molar refractivity (Wildman–Crippen MR) is 142 cm³/mol. The molecule has 0 radical (unpaired) electrons. The summed E-state index contributed by atoms with van der Waals surface area (Å²) in [5, 5.41) is 0. The zero-order valence-electron chi connectivity index (χ0n) is 25.1. The number of hydrogen-bond donors (Lipinski definition) is 0. The van der Waals surface area contributed by atoms with Crippen molar-refractivity contribution in [3.8, 4) is 24.1 Å². The molecule has 4 rings (SSSR count). The van der Waals surface area contributed by atoms with Gasteiger partial charge in [-0.1, -0.05) is 0 Å². The van der Waals surface area contributed by atoms with E-state index in [2.05, 4.69) is 32.3 Å². The van der Waals surface area contributed by atoms with Gasteiger partial charge in [0.15, 0.2) is 0 Å². The van der Waals surface area contributed by atoms with Gasteiger partial charge in [-0.05, 0) is 50.1 Å². The largest absolute Gasteiger partial charge is 1.00 e. The first-order valence-electron chi connectivity index (χ1n) is 12.6. The summed E-state index contributed by atoms with van der Waals surface area (Å²) in [4.78, 5) is 46.6. The molecule has 0 bridgehead atoms. The van der Waals surface area contributed by atoms with E-state index in [1.807, 2.05) is 0 Å². The van der Waals surface area contributed by atoms with Gasteiger partial charge in [0.25, 0.3) is 0 Å². The molecule has 1 saturated heterocycles. The van der Waals surface area contributed by atoms with Crippen LogP contribution in [-0.4, -0.2) is 57.3 Å². The van der Waals surface area contributed by atoms with Crippen molar-refractivity contribution in [2.24, 2.45) is 0 Å². The third kappa shape index (κ3) is 11.1. The Labute approximate surface area is 311 Å². The first kappa shape index (κ1) is 43.2. The molecule has 242 valence electrons. The second kappa shape index (κ2) is 17.7. The van der Waals surface area contributed by atoms with Crippen LogP contribution >= 0.6 is 7.82 Å². The fourth-order valence-electron chi connectivity index (χ4n) is 4.44. The van der Waals surface area contributed by atoms with Gasteiger partial charge >= 0.3 is 65.3 Å². The van der Waals surface area contributed by atoms with Crippen molar-refractivity contribution in [2.45, 2.75) is 49.5 Å². The quantitative estimate of drug-likeness (QED) is 0.0710. The van der Waals surface area contributed by atoms with Crippen molar-refractivity contribution in [3.63, 3.8) is 0 Å². The van der Waals surface area contributed by atoms with Gasteiger partial charge in [0.1, 0.15) is 24.4 Å². The van der Waals surface area contributed by atoms with E-state index in [9.17, 15) is 49.5 Å². The van der Waals surface area contributed by atoms with Crippen LogP contribution in [0.4, 0.5) is 22.0 Å². The molecule has 0 unspecified atom stereocenters. The summed E-state index contributed by atoms with van der Waals surface area (Å²) < 4.78 is 110. The zero-order chi connectivity index (χ0) is 33.7. The van der Waals surface area contributed by atoms with Crippen LogP contribution in [-0.2, 0) is 36.6 Å². The molecule has 1 amide bonds. The average Bonchev–Trinajstić information content (AvgIpc) is 3.38. The number of hydrogen-bond acceptors (Lipinski definition) is 10. The summed E-state index contributed by atoms with van der Waals surface area (Å²) in [6.45, 7) is -0.463. The Hall–Kier alpha value is -1.85. The number of rotatable bonds is 9.